The summed E-state index contributed by atoms with van der Waals surface area (Å²) in [6, 6.07) is 7.84. The van der Waals surface area contributed by atoms with Gasteiger partial charge in [0.15, 0.2) is 0 Å². The number of carbonyl (C=O) groups excluding carboxylic acids is 2. The summed E-state index contributed by atoms with van der Waals surface area (Å²) in [6.45, 7) is 8.67. The number of ether oxygens (including phenoxy) is 1. The molecule has 24 heavy (non-hydrogen) atoms. The highest BCUT2D eigenvalue weighted by Crippen LogP contribution is 2.24. The number of urea groups is 1. The molecule has 0 aromatic heterocycles. The van der Waals surface area contributed by atoms with Gasteiger partial charge in [-0.2, -0.15) is 0 Å². The lowest BCUT2D eigenvalue weighted by Gasteiger charge is -2.35. The van der Waals surface area contributed by atoms with Crippen LogP contribution in [0.2, 0.25) is 0 Å². The SMILES string of the molecule is COc1ccc(C(C)(C)CNC(=O)N2CCN(C(C)=O)CC2)cc1. The van der Waals surface area contributed by atoms with Crippen LogP contribution in [0.25, 0.3) is 0 Å². The van der Waals surface area contributed by atoms with E-state index in [1.54, 1.807) is 23.8 Å². The molecule has 0 saturated carbocycles. The van der Waals surface area contributed by atoms with Crippen LogP contribution in [0.1, 0.15) is 26.3 Å². The zero-order chi connectivity index (χ0) is 17.7. The fraction of sp³-hybridized carbons (Fsp3) is 0.556. The highest BCUT2D eigenvalue weighted by Gasteiger charge is 2.25. The molecule has 6 nitrogen and oxygen atoms in total. The predicted octanol–water partition coefficient (Wildman–Crippen LogP) is 1.85. The van der Waals surface area contributed by atoms with Crippen molar-refractivity contribution in [2.24, 2.45) is 0 Å². The van der Waals surface area contributed by atoms with Crippen molar-refractivity contribution in [2.45, 2.75) is 26.2 Å². The van der Waals surface area contributed by atoms with Gasteiger partial charge in [0.05, 0.1) is 7.11 Å². The van der Waals surface area contributed by atoms with Crippen LogP contribution in [0.3, 0.4) is 0 Å². The number of rotatable bonds is 4. The number of nitrogens with one attached hydrogen (secondary N) is 1. The molecule has 0 radical (unpaired) electrons. The molecule has 1 aromatic rings. The van der Waals surface area contributed by atoms with Gasteiger partial charge in [-0.3, -0.25) is 4.79 Å². The fourth-order valence-corrected chi connectivity index (χ4v) is 2.78. The Morgan fingerprint density at radius 1 is 1.08 bits per heavy atom. The molecule has 3 amide bonds. The number of hydrogen-bond acceptors (Lipinski definition) is 3. The fourth-order valence-electron chi connectivity index (χ4n) is 2.78. The van der Waals surface area contributed by atoms with Crippen LogP contribution in [-0.4, -0.2) is 61.6 Å². The number of carbonyl (C=O) groups is 2. The number of methoxy groups -OCH3 is 1. The first-order valence-corrected chi connectivity index (χ1v) is 8.26. The Hall–Kier alpha value is -2.24. The van der Waals surface area contributed by atoms with Crippen molar-refractivity contribution in [3.8, 4) is 5.75 Å². The van der Waals surface area contributed by atoms with E-state index in [0.717, 1.165) is 11.3 Å². The summed E-state index contributed by atoms with van der Waals surface area (Å²) in [7, 11) is 1.65. The average Bonchev–Trinajstić information content (AvgIpc) is 2.60. The van der Waals surface area contributed by atoms with Crippen LogP contribution < -0.4 is 10.1 Å². The second-order valence-electron chi connectivity index (χ2n) is 6.76. The summed E-state index contributed by atoms with van der Waals surface area (Å²) in [5.41, 5.74) is 0.966. The van der Waals surface area contributed by atoms with Crippen molar-refractivity contribution in [3.05, 3.63) is 29.8 Å². The van der Waals surface area contributed by atoms with Crippen LogP contribution in [0.5, 0.6) is 5.75 Å². The largest absolute Gasteiger partial charge is 0.497 e. The Labute approximate surface area is 143 Å². The van der Waals surface area contributed by atoms with Crippen molar-refractivity contribution in [2.75, 3.05) is 39.8 Å². The minimum Gasteiger partial charge on any atom is -0.497 e. The van der Waals surface area contributed by atoms with Crippen LogP contribution >= 0.6 is 0 Å². The van der Waals surface area contributed by atoms with Gasteiger partial charge < -0.3 is 19.9 Å². The Balaban J connectivity index is 1.87. The Bertz CT molecular complexity index is 576. The van der Waals surface area contributed by atoms with Crippen LogP contribution in [0, 0.1) is 0 Å². The number of benzene rings is 1. The molecular weight excluding hydrogens is 306 g/mol. The lowest BCUT2D eigenvalue weighted by Crippen LogP contribution is -2.53. The van der Waals surface area contributed by atoms with Gasteiger partial charge in [0.25, 0.3) is 0 Å². The number of nitrogens with zero attached hydrogens (tertiary/aromatic N) is 2. The normalized spacial score (nSPS) is 15.2. The first kappa shape index (κ1) is 18.1. The van der Waals surface area contributed by atoms with E-state index < -0.39 is 0 Å². The lowest BCUT2D eigenvalue weighted by atomic mass is 9.84. The number of hydrogen-bond donors (Lipinski definition) is 1. The first-order chi connectivity index (χ1) is 11.3. The van der Waals surface area contributed by atoms with Crippen LogP contribution in [0.4, 0.5) is 4.79 Å². The zero-order valence-corrected chi connectivity index (χ0v) is 15.0. The second kappa shape index (κ2) is 7.55. The summed E-state index contributed by atoms with van der Waals surface area (Å²) in [4.78, 5) is 27.2. The van der Waals surface area contributed by atoms with E-state index >= 15 is 0 Å². The molecule has 1 saturated heterocycles. The highest BCUT2D eigenvalue weighted by atomic mass is 16.5. The Morgan fingerprint density at radius 2 is 1.62 bits per heavy atom. The van der Waals surface area contributed by atoms with Crippen LogP contribution in [0.15, 0.2) is 24.3 Å². The maximum absolute atomic E-state index is 12.3. The third-order valence-corrected chi connectivity index (χ3v) is 4.57. The topological polar surface area (TPSA) is 61.9 Å². The van der Waals surface area contributed by atoms with Crippen molar-refractivity contribution < 1.29 is 14.3 Å². The van der Waals surface area contributed by atoms with Gasteiger partial charge in [-0.05, 0) is 17.7 Å². The number of piperazine rings is 1. The standard InChI is InChI=1S/C18H27N3O3/c1-14(22)20-9-11-21(12-10-20)17(23)19-13-18(2,3)15-5-7-16(24-4)8-6-15/h5-8H,9-13H2,1-4H3,(H,19,23). The van der Waals surface area contributed by atoms with Gasteiger partial charge in [-0.25, -0.2) is 4.79 Å². The predicted molar refractivity (Wildman–Crippen MR) is 93.2 cm³/mol. The third kappa shape index (κ3) is 4.40. The van der Waals surface area contributed by atoms with E-state index in [1.807, 2.05) is 24.3 Å². The quantitative estimate of drug-likeness (QED) is 0.915. The molecular formula is C18H27N3O3. The summed E-state index contributed by atoms with van der Waals surface area (Å²) >= 11 is 0. The maximum atomic E-state index is 12.3. The summed E-state index contributed by atoms with van der Waals surface area (Å²) in [5.74, 6) is 0.887. The Morgan fingerprint density at radius 3 is 2.12 bits per heavy atom. The van der Waals surface area contributed by atoms with E-state index in [1.165, 1.54) is 0 Å². The van der Waals surface area contributed by atoms with Gasteiger partial charge in [0.1, 0.15) is 5.75 Å². The van der Waals surface area contributed by atoms with Gasteiger partial charge >= 0.3 is 6.03 Å². The molecule has 1 aliphatic rings. The van der Waals surface area contributed by atoms with E-state index in [9.17, 15) is 9.59 Å². The van der Waals surface area contributed by atoms with E-state index in [-0.39, 0.29) is 17.4 Å². The van der Waals surface area contributed by atoms with E-state index in [2.05, 4.69) is 19.2 Å². The van der Waals surface area contributed by atoms with E-state index in [0.29, 0.717) is 32.7 Å². The first-order valence-electron chi connectivity index (χ1n) is 8.26. The smallest absolute Gasteiger partial charge is 0.317 e. The summed E-state index contributed by atoms with van der Waals surface area (Å²) in [6.07, 6.45) is 0. The molecule has 1 fully saturated rings. The summed E-state index contributed by atoms with van der Waals surface area (Å²) in [5, 5.41) is 3.02. The highest BCUT2D eigenvalue weighted by molar-refractivity contribution is 5.76. The summed E-state index contributed by atoms with van der Waals surface area (Å²) < 4.78 is 5.18. The molecule has 0 aliphatic carbocycles. The van der Waals surface area contributed by atoms with E-state index in [4.69, 9.17) is 4.74 Å². The van der Waals surface area contributed by atoms with Gasteiger partial charge in [-0.1, -0.05) is 26.0 Å². The maximum Gasteiger partial charge on any atom is 0.317 e. The molecule has 1 aliphatic heterocycles. The molecule has 1 N–H and O–H groups in total. The molecule has 0 spiro atoms. The molecule has 0 atom stereocenters. The molecule has 6 heteroatoms. The van der Waals surface area contributed by atoms with Crippen LogP contribution in [-0.2, 0) is 10.2 Å². The van der Waals surface area contributed by atoms with Crippen molar-refractivity contribution in [1.82, 2.24) is 15.1 Å². The lowest BCUT2D eigenvalue weighted by molar-refractivity contribution is -0.130. The second-order valence-corrected chi connectivity index (χ2v) is 6.76. The minimum atomic E-state index is -0.177. The molecule has 1 aromatic carbocycles. The van der Waals surface area contributed by atoms with Gasteiger partial charge in [0.2, 0.25) is 5.91 Å². The van der Waals surface area contributed by atoms with Crippen molar-refractivity contribution in [3.63, 3.8) is 0 Å². The van der Waals surface area contributed by atoms with Crippen molar-refractivity contribution in [1.29, 1.82) is 0 Å². The molecule has 1 heterocycles. The zero-order valence-electron chi connectivity index (χ0n) is 15.0. The Kier molecular flexibility index (Phi) is 5.70. The minimum absolute atomic E-state index is 0.0655. The molecule has 0 bridgehead atoms. The monoisotopic (exact) mass is 333 g/mol. The molecule has 0 unspecified atom stereocenters. The van der Waals surface area contributed by atoms with Gasteiger partial charge in [-0.15, -0.1) is 0 Å². The van der Waals surface area contributed by atoms with Gasteiger partial charge in [0, 0.05) is 45.1 Å². The van der Waals surface area contributed by atoms with Crippen molar-refractivity contribution >= 4 is 11.9 Å². The average molecular weight is 333 g/mol. The number of amides is 3. The third-order valence-electron chi connectivity index (χ3n) is 4.57. The molecule has 2 rings (SSSR count). The molecule has 132 valence electrons.